The Kier molecular flexibility index (Phi) is 4.54. The standard InChI is InChI=1S/C17H20N/c1-14-7-6-10-16(11-14)13-17(18-2)12-15-8-4-3-5-9-15/h3-11,13,17-18H,12H2,1-2H3. The number of likely N-dealkylation sites (N-methyl/N-ethyl adjacent to an activating group) is 1. The van der Waals surface area contributed by atoms with E-state index in [1.807, 2.05) is 7.05 Å². The minimum Gasteiger partial charge on any atom is -0.316 e. The van der Waals surface area contributed by atoms with Gasteiger partial charge in [-0.15, -0.1) is 0 Å². The first-order valence-corrected chi connectivity index (χ1v) is 6.40. The number of hydrogen-bond acceptors (Lipinski definition) is 1. The lowest BCUT2D eigenvalue weighted by atomic mass is 9.98. The van der Waals surface area contributed by atoms with Gasteiger partial charge in [-0.05, 0) is 31.5 Å². The molecule has 1 heteroatoms. The molecule has 0 aliphatic carbocycles. The van der Waals surface area contributed by atoms with E-state index in [-0.39, 0.29) is 0 Å². The van der Waals surface area contributed by atoms with Crippen molar-refractivity contribution in [2.45, 2.75) is 19.4 Å². The van der Waals surface area contributed by atoms with Crippen LogP contribution >= 0.6 is 0 Å². The van der Waals surface area contributed by atoms with Crippen molar-refractivity contribution in [2.24, 2.45) is 0 Å². The summed E-state index contributed by atoms with van der Waals surface area (Å²) < 4.78 is 0. The van der Waals surface area contributed by atoms with E-state index >= 15 is 0 Å². The van der Waals surface area contributed by atoms with Crippen LogP contribution in [0.5, 0.6) is 0 Å². The van der Waals surface area contributed by atoms with Crippen molar-refractivity contribution < 1.29 is 0 Å². The molecule has 93 valence electrons. The van der Waals surface area contributed by atoms with Crippen LogP contribution in [0.2, 0.25) is 0 Å². The zero-order chi connectivity index (χ0) is 12.8. The van der Waals surface area contributed by atoms with E-state index in [2.05, 4.69) is 73.3 Å². The van der Waals surface area contributed by atoms with Gasteiger partial charge in [0.25, 0.3) is 0 Å². The van der Waals surface area contributed by atoms with Gasteiger partial charge in [-0.2, -0.15) is 0 Å². The maximum atomic E-state index is 3.36. The van der Waals surface area contributed by atoms with Gasteiger partial charge >= 0.3 is 0 Å². The van der Waals surface area contributed by atoms with Gasteiger partial charge < -0.3 is 5.32 Å². The minimum absolute atomic E-state index is 0.370. The van der Waals surface area contributed by atoms with E-state index in [4.69, 9.17) is 0 Å². The van der Waals surface area contributed by atoms with Crippen molar-refractivity contribution in [3.05, 3.63) is 77.7 Å². The maximum absolute atomic E-state index is 3.36. The molecular weight excluding hydrogens is 218 g/mol. The van der Waals surface area contributed by atoms with Gasteiger partial charge in [0, 0.05) is 12.5 Å². The Hall–Kier alpha value is -1.60. The van der Waals surface area contributed by atoms with Crippen molar-refractivity contribution in [3.8, 4) is 0 Å². The summed E-state index contributed by atoms with van der Waals surface area (Å²) in [7, 11) is 2.01. The average Bonchev–Trinajstić information content (AvgIpc) is 2.39. The van der Waals surface area contributed by atoms with Crippen LogP contribution in [0.15, 0.2) is 54.6 Å². The topological polar surface area (TPSA) is 12.0 Å². The second-order valence-corrected chi connectivity index (χ2v) is 4.67. The van der Waals surface area contributed by atoms with Gasteiger partial charge in [0.2, 0.25) is 0 Å². The summed E-state index contributed by atoms with van der Waals surface area (Å²) in [5.41, 5.74) is 3.95. The fraction of sp³-hybridized carbons (Fsp3) is 0.235. The number of rotatable bonds is 5. The first-order chi connectivity index (χ1) is 8.78. The lowest BCUT2D eigenvalue weighted by Crippen LogP contribution is -2.28. The zero-order valence-electron chi connectivity index (χ0n) is 11.1. The van der Waals surface area contributed by atoms with Gasteiger partial charge in [0.15, 0.2) is 0 Å². The predicted molar refractivity (Wildman–Crippen MR) is 77.6 cm³/mol. The summed E-state index contributed by atoms with van der Waals surface area (Å²) in [6, 6.07) is 19.6. The molecule has 0 spiro atoms. The van der Waals surface area contributed by atoms with Gasteiger partial charge in [0.05, 0.1) is 0 Å². The van der Waals surface area contributed by atoms with Gasteiger partial charge in [0.1, 0.15) is 0 Å². The molecule has 1 N–H and O–H groups in total. The van der Waals surface area contributed by atoms with E-state index in [1.165, 1.54) is 16.7 Å². The van der Waals surface area contributed by atoms with Crippen molar-refractivity contribution in [3.63, 3.8) is 0 Å². The summed E-state index contributed by atoms with van der Waals surface area (Å²) in [6.07, 6.45) is 3.31. The third kappa shape index (κ3) is 3.71. The highest BCUT2D eigenvalue weighted by atomic mass is 14.9. The third-order valence-corrected chi connectivity index (χ3v) is 3.10. The summed E-state index contributed by atoms with van der Waals surface area (Å²) in [6.45, 7) is 2.13. The normalized spacial score (nSPS) is 12.3. The van der Waals surface area contributed by atoms with Crippen LogP contribution in [0.4, 0.5) is 0 Å². The van der Waals surface area contributed by atoms with E-state index in [0.29, 0.717) is 6.04 Å². The first-order valence-electron chi connectivity index (χ1n) is 6.40. The molecule has 1 unspecified atom stereocenters. The lowest BCUT2D eigenvalue weighted by molar-refractivity contribution is 0.634. The van der Waals surface area contributed by atoms with Crippen molar-refractivity contribution in [2.75, 3.05) is 7.05 Å². The van der Waals surface area contributed by atoms with E-state index in [1.54, 1.807) is 0 Å². The maximum Gasteiger partial charge on any atom is 0.0180 e. The third-order valence-electron chi connectivity index (χ3n) is 3.10. The summed E-state index contributed by atoms with van der Waals surface area (Å²) in [5, 5.41) is 3.36. The van der Waals surface area contributed by atoms with Crippen molar-refractivity contribution >= 4 is 0 Å². The lowest BCUT2D eigenvalue weighted by Gasteiger charge is -2.16. The Morgan fingerprint density at radius 1 is 1.06 bits per heavy atom. The molecule has 2 rings (SSSR count). The molecule has 0 aliphatic rings. The Balaban J connectivity index is 2.01. The molecule has 1 radical (unpaired) electrons. The van der Waals surface area contributed by atoms with E-state index < -0.39 is 0 Å². The quantitative estimate of drug-likeness (QED) is 0.842. The molecular formula is C17H20N. The number of hydrogen-bond donors (Lipinski definition) is 1. The molecule has 0 bridgehead atoms. The monoisotopic (exact) mass is 238 g/mol. The SMILES string of the molecule is CNC([CH]c1cccc(C)c1)Cc1ccccc1. The molecule has 1 nitrogen and oxygen atoms in total. The molecule has 2 aromatic carbocycles. The van der Waals surface area contributed by atoms with Crippen molar-refractivity contribution in [1.82, 2.24) is 5.32 Å². The largest absolute Gasteiger partial charge is 0.316 e. The Labute approximate surface area is 110 Å². The van der Waals surface area contributed by atoms with Gasteiger partial charge in [-0.3, -0.25) is 0 Å². The molecule has 0 aliphatic heterocycles. The molecule has 0 amide bonds. The number of nitrogens with one attached hydrogen (secondary N) is 1. The molecule has 0 fully saturated rings. The fourth-order valence-electron chi connectivity index (χ4n) is 2.12. The van der Waals surface area contributed by atoms with Crippen LogP contribution in [-0.4, -0.2) is 13.1 Å². The molecule has 0 heterocycles. The molecule has 0 aromatic heterocycles. The summed E-state index contributed by atoms with van der Waals surface area (Å²) in [4.78, 5) is 0. The Bertz CT molecular complexity index is 476. The Morgan fingerprint density at radius 2 is 1.83 bits per heavy atom. The highest BCUT2D eigenvalue weighted by Gasteiger charge is 2.08. The van der Waals surface area contributed by atoms with Crippen LogP contribution in [0.3, 0.4) is 0 Å². The van der Waals surface area contributed by atoms with Gasteiger partial charge in [-0.1, -0.05) is 60.2 Å². The van der Waals surface area contributed by atoms with Crippen LogP contribution in [0, 0.1) is 13.3 Å². The second-order valence-electron chi connectivity index (χ2n) is 4.67. The first kappa shape index (κ1) is 12.8. The van der Waals surface area contributed by atoms with Crippen molar-refractivity contribution in [1.29, 1.82) is 0 Å². The predicted octanol–water partition coefficient (Wildman–Crippen LogP) is 3.38. The smallest absolute Gasteiger partial charge is 0.0180 e. The van der Waals surface area contributed by atoms with Crippen LogP contribution < -0.4 is 5.32 Å². The molecule has 0 saturated carbocycles. The highest BCUT2D eigenvalue weighted by Crippen LogP contribution is 2.12. The molecule has 2 aromatic rings. The van der Waals surface area contributed by atoms with Gasteiger partial charge in [-0.25, -0.2) is 0 Å². The van der Waals surface area contributed by atoms with Crippen LogP contribution in [0.25, 0.3) is 0 Å². The zero-order valence-corrected chi connectivity index (χ0v) is 11.1. The molecule has 18 heavy (non-hydrogen) atoms. The number of benzene rings is 2. The highest BCUT2D eigenvalue weighted by molar-refractivity contribution is 5.30. The Morgan fingerprint density at radius 3 is 2.50 bits per heavy atom. The van der Waals surface area contributed by atoms with Crippen LogP contribution in [-0.2, 0) is 6.42 Å². The minimum atomic E-state index is 0.370. The summed E-state index contributed by atoms with van der Waals surface area (Å²) in [5.74, 6) is 0. The van der Waals surface area contributed by atoms with E-state index in [0.717, 1.165) is 6.42 Å². The van der Waals surface area contributed by atoms with Crippen LogP contribution in [0.1, 0.15) is 16.7 Å². The number of aryl methyl sites for hydroxylation is 1. The summed E-state index contributed by atoms with van der Waals surface area (Å²) >= 11 is 0. The molecule has 0 saturated heterocycles. The van der Waals surface area contributed by atoms with E-state index in [9.17, 15) is 0 Å². The average molecular weight is 238 g/mol. The molecule has 1 atom stereocenters. The fourth-order valence-corrected chi connectivity index (χ4v) is 2.12. The second kappa shape index (κ2) is 6.36.